The average molecular weight is 427 g/mol. The van der Waals surface area contributed by atoms with Crippen LogP contribution in [0.3, 0.4) is 0 Å². The van der Waals surface area contributed by atoms with Crippen LogP contribution in [-0.2, 0) is 14.3 Å². The lowest BCUT2D eigenvalue weighted by atomic mass is 10.3. The molecule has 1 aromatic heterocycles. The summed E-state index contributed by atoms with van der Waals surface area (Å²) in [4.78, 5) is 28.7. The van der Waals surface area contributed by atoms with Gasteiger partial charge in [-0.05, 0) is 30.3 Å². The summed E-state index contributed by atoms with van der Waals surface area (Å²) in [5.74, 6) is -0.942. The second kappa shape index (κ2) is 8.73. The topological polar surface area (TPSA) is 68.3 Å². The summed E-state index contributed by atoms with van der Waals surface area (Å²) in [6.07, 6.45) is 0. The highest BCUT2D eigenvalue weighted by atomic mass is 35.5. The van der Waals surface area contributed by atoms with Crippen molar-refractivity contribution in [3.63, 3.8) is 0 Å². The summed E-state index contributed by atoms with van der Waals surface area (Å²) >= 11 is 14.5. The van der Waals surface area contributed by atoms with Crippen LogP contribution >= 0.6 is 46.3 Å². The summed E-state index contributed by atoms with van der Waals surface area (Å²) in [5, 5.41) is 4.12. The number of hydrogen-bond donors (Lipinski definition) is 1. The number of halogens is 2. The maximum Gasteiger partial charge on any atom is 0.316 e. The van der Waals surface area contributed by atoms with Gasteiger partial charge in [0.2, 0.25) is 0 Å². The maximum absolute atomic E-state index is 11.9. The van der Waals surface area contributed by atoms with Gasteiger partial charge in [0.25, 0.3) is 5.91 Å². The van der Waals surface area contributed by atoms with Crippen LogP contribution in [0.1, 0.15) is 0 Å². The van der Waals surface area contributed by atoms with Crippen molar-refractivity contribution in [2.45, 2.75) is 4.90 Å². The van der Waals surface area contributed by atoms with E-state index in [-0.39, 0.29) is 12.4 Å². The molecule has 0 saturated heterocycles. The third kappa shape index (κ3) is 5.11. The molecule has 0 aliphatic rings. The summed E-state index contributed by atoms with van der Waals surface area (Å²) in [7, 11) is 0. The Balaban J connectivity index is 1.46. The molecule has 0 atom stereocenters. The van der Waals surface area contributed by atoms with E-state index >= 15 is 0 Å². The SMILES string of the molecule is O=C(COC(=O)CSc1cc(Cl)ccc1Cl)Nc1nc2ccccc2s1. The average Bonchev–Trinajstić information content (AvgIpc) is 3.02. The molecule has 0 aliphatic carbocycles. The number of hydrogen-bond acceptors (Lipinski definition) is 6. The molecule has 0 radical (unpaired) electrons. The lowest BCUT2D eigenvalue weighted by molar-refractivity contribution is -0.144. The highest BCUT2D eigenvalue weighted by molar-refractivity contribution is 8.00. The van der Waals surface area contributed by atoms with Crippen molar-refractivity contribution in [2.75, 3.05) is 17.7 Å². The van der Waals surface area contributed by atoms with Gasteiger partial charge in [-0.25, -0.2) is 4.98 Å². The maximum atomic E-state index is 11.9. The van der Waals surface area contributed by atoms with Crippen molar-refractivity contribution in [3.8, 4) is 0 Å². The van der Waals surface area contributed by atoms with Crippen molar-refractivity contribution in [3.05, 3.63) is 52.5 Å². The first-order valence-electron chi connectivity index (χ1n) is 7.40. The minimum atomic E-state index is -0.523. The quantitative estimate of drug-likeness (QED) is 0.449. The number of carbonyl (C=O) groups excluding carboxylic acids is 2. The van der Waals surface area contributed by atoms with Crippen LogP contribution in [0.2, 0.25) is 10.0 Å². The molecule has 0 fully saturated rings. The van der Waals surface area contributed by atoms with Gasteiger partial charge in [-0.15, -0.1) is 11.8 Å². The van der Waals surface area contributed by atoms with Crippen LogP contribution in [0.5, 0.6) is 0 Å². The lowest BCUT2D eigenvalue weighted by Crippen LogP contribution is -2.21. The van der Waals surface area contributed by atoms with Crippen LogP contribution in [0.25, 0.3) is 10.2 Å². The molecule has 26 heavy (non-hydrogen) atoms. The van der Waals surface area contributed by atoms with E-state index in [9.17, 15) is 9.59 Å². The van der Waals surface area contributed by atoms with Crippen LogP contribution in [0.15, 0.2) is 47.4 Å². The number of rotatable bonds is 6. The zero-order valence-corrected chi connectivity index (χ0v) is 16.3. The number of thiazole rings is 1. The number of esters is 1. The number of nitrogens with zero attached hydrogens (tertiary/aromatic N) is 1. The highest BCUT2D eigenvalue weighted by Gasteiger charge is 2.12. The summed E-state index contributed by atoms with van der Waals surface area (Å²) in [6.45, 7) is -0.376. The Kier molecular flexibility index (Phi) is 6.37. The molecule has 3 rings (SSSR count). The number of ether oxygens (including phenoxy) is 1. The minimum Gasteiger partial charge on any atom is -0.455 e. The predicted molar refractivity (Wildman–Crippen MR) is 106 cm³/mol. The van der Waals surface area contributed by atoms with Crippen LogP contribution in [-0.4, -0.2) is 29.2 Å². The second-order valence-electron chi connectivity index (χ2n) is 5.06. The fourth-order valence-corrected chi connectivity index (χ4v) is 4.17. The molecular weight excluding hydrogens is 415 g/mol. The number of thioether (sulfide) groups is 1. The van der Waals surface area contributed by atoms with Gasteiger partial charge < -0.3 is 4.74 Å². The van der Waals surface area contributed by atoms with Gasteiger partial charge in [-0.2, -0.15) is 0 Å². The molecule has 134 valence electrons. The largest absolute Gasteiger partial charge is 0.455 e. The van der Waals surface area contributed by atoms with Crippen LogP contribution < -0.4 is 5.32 Å². The molecule has 0 unspecified atom stereocenters. The van der Waals surface area contributed by atoms with Crippen molar-refractivity contribution >= 4 is 73.5 Å². The molecule has 9 heteroatoms. The number of aromatic nitrogens is 1. The predicted octanol–water partition coefficient (Wildman–Crippen LogP) is 4.88. The molecule has 0 spiro atoms. The van der Waals surface area contributed by atoms with Crippen molar-refractivity contribution in [1.29, 1.82) is 0 Å². The number of benzene rings is 2. The molecule has 5 nitrogen and oxygen atoms in total. The highest BCUT2D eigenvalue weighted by Crippen LogP contribution is 2.30. The first-order chi connectivity index (χ1) is 12.5. The Bertz CT molecular complexity index is 929. The van der Waals surface area contributed by atoms with E-state index in [1.807, 2.05) is 24.3 Å². The van der Waals surface area contributed by atoms with Gasteiger partial charge in [0.05, 0.1) is 21.0 Å². The number of carbonyl (C=O) groups is 2. The first-order valence-corrected chi connectivity index (χ1v) is 9.96. The van der Waals surface area contributed by atoms with E-state index in [1.165, 1.54) is 23.1 Å². The molecule has 3 aromatic rings. The Labute approximate surface area is 167 Å². The van der Waals surface area contributed by atoms with Gasteiger partial charge in [0.15, 0.2) is 11.7 Å². The standard InChI is InChI=1S/C17H12Cl2N2O3S2/c18-10-5-6-11(19)14(7-10)25-9-16(23)24-8-15(22)21-17-20-12-3-1-2-4-13(12)26-17/h1-7H,8-9H2,(H,20,21,22). The van der Waals surface area contributed by atoms with E-state index in [1.54, 1.807) is 18.2 Å². The zero-order chi connectivity index (χ0) is 18.5. The number of anilines is 1. The minimum absolute atomic E-state index is 0.0223. The third-order valence-electron chi connectivity index (χ3n) is 3.14. The van der Waals surface area contributed by atoms with Crippen LogP contribution in [0.4, 0.5) is 5.13 Å². The number of amides is 1. The first kappa shape index (κ1) is 19.0. The van der Waals surface area contributed by atoms with Gasteiger partial charge in [0.1, 0.15) is 0 Å². The fourth-order valence-electron chi connectivity index (χ4n) is 1.99. The molecule has 0 saturated carbocycles. The molecule has 1 heterocycles. The fraction of sp³-hybridized carbons (Fsp3) is 0.118. The smallest absolute Gasteiger partial charge is 0.316 e. The molecule has 1 N–H and O–H groups in total. The third-order valence-corrected chi connectivity index (χ3v) is 5.80. The molecule has 0 aliphatic heterocycles. The van der Waals surface area contributed by atoms with Crippen molar-refractivity contribution in [1.82, 2.24) is 4.98 Å². The van der Waals surface area contributed by atoms with E-state index in [0.717, 1.165) is 10.2 Å². The van der Waals surface area contributed by atoms with E-state index in [2.05, 4.69) is 10.3 Å². The Morgan fingerprint density at radius 2 is 2.00 bits per heavy atom. The lowest BCUT2D eigenvalue weighted by Gasteiger charge is -2.06. The van der Waals surface area contributed by atoms with Gasteiger partial charge in [-0.3, -0.25) is 14.9 Å². The number of fused-ring (bicyclic) bond motifs is 1. The van der Waals surface area contributed by atoms with Crippen molar-refractivity contribution in [2.24, 2.45) is 0 Å². The van der Waals surface area contributed by atoms with E-state index in [4.69, 9.17) is 27.9 Å². The van der Waals surface area contributed by atoms with Gasteiger partial charge in [-0.1, -0.05) is 46.7 Å². The Morgan fingerprint density at radius 1 is 1.19 bits per heavy atom. The van der Waals surface area contributed by atoms with Crippen LogP contribution in [0, 0.1) is 0 Å². The zero-order valence-electron chi connectivity index (χ0n) is 13.2. The van der Waals surface area contributed by atoms with E-state index < -0.39 is 11.9 Å². The van der Waals surface area contributed by atoms with Crippen molar-refractivity contribution < 1.29 is 14.3 Å². The monoisotopic (exact) mass is 426 g/mol. The molecule has 1 amide bonds. The normalized spacial score (nSPS) is 10.7. The summed E-state index contributed by atoms with van der Waals surface area (Å²) in [5.41, 5.74) is 0.805. The molecule has 0 bridgehead atoms. The van der Waals surface area contributed by atoms with Gasteiger partial charge in [0, 0.05) is 9.92 Å². The number of para-hydroxylation sites is 1. The number of nitrogens with one attached hydrogen (secondary N) is 1. The Morgan fingerprint density at radius 3 is 2.81 bits per heavy atom. The molecule has 2 aromatic carbocycles. The van der Waals surface area contributed by atoms with E-state index in [0.29, 0.717) is 20.1 Å². The molecular formula is C17H12Cl2N2O3S2. The van der Waals surface area contributed by atoms with Gasteiger partial charge >= 0.3 is 5.97 Å². The summed E-state index contributed by atoms with van der Waals surface area (Å²) < 4.78 is 5.94. The second-order valence-corrected chi connectivity index (χ2v) is 7.95. The summed E-state index contributed by atoms with van der Waals surface area (Å²) in [6, 6.07) is 12.5. The Hall–Kier alpha value is -1.80.